The van der Waals surface area contributed by atoms with E-state index < -0.39 is 50.5 Å². The van der Waals surface area contributed by atoms with Gasteiger partial charge in [0.15, 0.2) is 9.84 Å². The van der Waals surface area contributed by atoms with Crippen LogP contribution in [0.15, 0.2) is 34.1 Å². The summed E-state index contributed by atoms with van der Waals surface area (Å²) in [5.74, 6) is -4.43. The first kappa shape index (κ1) is 33.7. The van der Waals surface area contributed by atoms with Gasteiger partial charge in [-0.25, -0.2) is 18.2 Å². The topological polar surface area (TPSA) is 189 Å². The Hall–Kier alpha value is -3.75. The van der Waals surface area contributed by atoms with E-state index in [1.165, 1.54) is 24.4 Å². The van der Waals surface area contributed by atoms with E-state index in [1.807, 2.05) is 0 Å². The number of carbonyl (C=O) groups excluding carboxylic acids is 2. The van der Waals surface area contributed by atoms with Gasteiger partial charge < -0.3 is 21.1 Å². The highest BCUT2D eigenvalue weighted by molar-refractivity contribution is 7.92. The summed E-state index contributed by atoms with van der Waals surface area (Å²) in [7, 11) is -3.79. The van der Waals surface area contributed by atoms with Crippen molar-refractivity contribution in [3.05, 3.63) is 51.6 Å². The van der Waals surface area contributed by atoms with Crippen LogP contribution in [0.1, 0.15) is 91.7 Å². The number of nitrogens with one attached hydrogen (secondary N) is 2. The molecule has 4 rings (SSSR count). The van der Waals surface area contributed by atoms with Crippen molar-refractivity contribution in [1.82, 2.24) is 9.97 Å². The molecule has 43 heavy (non-hydrogen) atoms. The predicted molar refractivity (Wildman–Crippen MR) is 150 cm³/mol. The molecule has 0 saturated heterocycles. The van der Waals surface area contributed by atoms with Crippen LogP contribution in [0.2, 0.25) is 0 Å². The van der Waals surface area contributed by atoms with Gasteiger partial charge in [-0.1, -0.05) is 44.9 Å². The van der Waals surface area contributed by atoms with E-state index >= 15 is 0 Å². The number of alkyl halides is 3. The Bertz CT molecular complexity index is 1480. The molecule has 236 valence electrons. The molecule has 0 bridgehead atoms. The molecule has 1 atom stereocenters. The van der Waals surface area contributed by atoms with E-state index in [-0.39, 0.29) is 27.8 Å². The third-order valence-electron chi connectivity index (χ3n) is 7.72. The summed E-state index contributed by atoms with van der Waals surface area (Å²) >= 11 is 0. The maximum atomic E-state index is 13.7. The second kappa shape index (κ2) is 14.1. The van der Waals surface area contributed by atoms with Crippen molar-refractivity contribution in [1.29, 1.82) is 0 Å². The van der Waals surface area contributed by atoms with Crippen molar-refractivity contribution < 1.29 is 41.1 Å². The van der Waals surface area contributed by atoms with Gasteiger partial charge in [0.25, 0.3) is 5.56 Å². The first-order chi connectivity index (χ1) is 20.1. The number of aromatic nitrogens is 2. The minimum atomic E-state index is -5.08. The second-order valence-electron chi connectivity index (χ2n) is 10.9. The van der Waals surface area contributed by atoms with Crippen molar-refractivity contribution >= 4 is 33.4 Å². The standard InChI is InChI=1S/C26H34N4O5S.C2HF3O2/c1-16-13-21(36(34,35)19-9-5-6-10-19)23(26(33)29-16)20(14-17-7-3-2-4-8-17)25(32)30-22-12-11-18(15-28-22)24(27)31;3-2(4,5)1(6)7/h11-13,15,17,19-20H,2-10,14H2,1H3,(H2,27,31)(H,29,33)(H,28,30,32);(H,6,7). The monoisotopic (exact) mass is 628 g/mol. The van der Waals surface area contributed by atoms with Crippen LogP contribution in [0.5, 0.6) is 0 Å². The number of nitrogens with zero attached hydrogens (tertiary/aromatic N) is 1. The average molecular weight is 629 g/mol. The quantitative estimate of drug-likeness (QED) is 0.334. The number of carboxylic acid groups (broad SMARTS) is 1. The van der Waals surface area contributed by atoms with Gasteiger partial charge in [-0.15, -0.1) is 0 Å². The lowest BCUT2D eigenvalue weighted by atomic mass is 9.80. The van der Waals surface area contributed by atoms with Crippen LogP contribution >= 0.6 is 0 Å². The Balaban J connectivity index is 0.000000646. The molecule has 2 saturated carbocycles. The molecule has 0 spiro atoms. The molecular formula is C28H35F3N4O7S. The molecule has 0 radical (unpaired) electrons. The number of aliphatic carboxylic acids is 1. The molecule has 2 amide bonds. The predicted octanol–water partition coefficient (Wildman–Crippen LogP) is 4.22. The van der Waals surface area contributed by atoms with Crippen molar-refractivity contribution in [3.63, 3.8) is 0 Å². The van der Waals surface area contributed by atoms with Crippen LogP contribution in [-0.4, -0.2) is 52.7 Å². The molecule has 5 N–H and O–H groups in total. The van der Waals surface area contributed by atoms with Crippen molar-refractivity contribution in [2.24, 2.45) is 11.7 Å². The third kappa shape index (κ3) is 8.88. The van der Waals surface area contributed by atoms with Crippen molar-refractivity contribution in [2.75, 3.05) is 5.32 Å². The van der Waals surface area contributed by atoms with Gasteiger partial charge in [0.05, 0.1) is 21.6 Å². The Morgan fingerprint density at radius 2 is 1.67 bits per heavy atom. The number of carboxylic acids is 1. The van der Waals surface area contributed by atoms with E-state index in [9.17, 15) is 36.0 Å². The number of carbonyl (C=O) groups is 3. The smallest absolute Gasteiger partial charge is 0.475 e. The lowest BCUT2D eigenvalue weighted by Crippen LogP contribution is -2.33. The number of sulfone groups is 1. The Labute approximate surface area is 246 Å². The molecule has 0 aliphatic heterocycles. The number of anilines is 1. The number of halogens is 3. The number of primary amides is 1. The lowest BCUT2D eigenvalue weighted by molar-refractivity contribution is -0.192. The summed E-state index contributed by atoms with van der Waals surface area (Å²) in [5, 5.41) is 9.32. The molecule has 15 heteroatoms. The molecule has 2 fully saturated rings. The van der Waals surface area contributed by atoms with Gasteiger partial charge in [0, 0.05) is 17.5 Å². The van der Waals surface area contributed by atoms with E-state index in [4.69, 9.17) is 15.6 Å². The number of hydrogen-bond acceptors (Lipinski definition) is 7. The third-order valence-corrected chi connectivity index (χ3v) is 10.0. The number of hydrogen-bond donors (Lipinski definition) is 4. The lowest BCUT2D eigenvalue weighted by Gasteiger charge is -2.27. The molecule has 0 aromatic carbocycles. The number of nitrogens with two attached hydrogens (primary N) is 1. The van der Waals surface area contributed by atoms with Crippen LogP contribution in [0.25, 0.3) is 0 Å². The van der Waals surface area contributed by atoms with Crippen LogP contribution in [0.3, 0.4) is 0 Å². The Kier molecular flexibility index (Phi) is 11.1. The van der Waals surface area contributed by atoms with Gasteiger partial charge in [0.1, 0.15) is 5.82 Å². The fourth-order valence-electron chi connectivity index (χ4n) is 5.55. The molecule has 11 nitrogen and oxygen atoms in total. The van der Waals surface area contributed by atoms with Gasteiger partial charge in [-0.05, 0) is 50.3 Å². The average Bonchev–Trinajstić information content (AvgIpc) is 3.49. The highest BCUT2D eigenvalue weighted by Gasteiger charge is 2.39. The minimum absolute atomic E-state index is 0.0179. The van der Waals surface area contributed by atoms with Crippen LogP contribution < -0.4 is 16.6 Å². The van der Waals surface area contributed by atoms with E-state index in [0.29, 0.717) is 25.0 Å². The minimum Gasteiger partial charge on any atom is -0.475 e. The van der Waals surface area contributed by atoms with E-state index in [1.54, 1.807) is 6.92 Å². The fraction of sp³-hybridized carbons (Fsp3) is 0.536. The molecular weight excluding hydrogens is 593 g/mol. The fourth-order valence-corrected chi connectivity index (χ4v) is 7.75. The summed E-state index contributed by atoms with van der Waals surface area (Å²) in [6.45, 7) is 1.65. The number of amides is 2. The van der Waals surface area contributed by atoms with Gasteiger partial charge in [-0.3, -0.25) is 14.4 Å². The summed E-state index contributed by atoms with van der Waals surface area (Å²) in [5.41, 5.74) is 5.39. The number of H-pyrrole nitrogens is 1. The summed E-state index contributed by atoms with van der Waals surface area (Å²) in [4.78, 5) is 54.0. The zero-order valence-corrected chi connectivity index (χ0v) is 24.4. The first-order valence-electron chi connectivity index (χ1n) is 14.0. The maximum absolute atomic E-state index is 13.7. The van der Waals surface area contributed by atoms with Crippen LogP contribution in [0.4, 0.5) is 19.0 Å². The molecule has 2 aromatic rings. The van der Waals surface area contributed by atoms with Crippen LogP contribution in [-0.2, 0) is 19.4 Å². The second-order valence-corrected chi connectivity index (χ2v) is 13.1. The zero-order valence-electron chi connectivity index (χ0n) is 23.6. The van der Waals surface area contributed by atoms with Crippen molar-refractivity contribution in [2.45, 2.75) is 93.4 Å². The zero-order chi connectivity index (χ0) is 31.9. The van der Waals surface area contributed by atoms with E-state index in [2.05, 4.69) is 15.3 Å². The van der Waals surface area contributed by atoms with Gasteiger partial charge >= 0.3 is 12.1 Å². The molecule has 2 aliphatic rings. The number of aromatic amines is 1. The first-order valence-corrected chi connectivity index (χ1v) is 15.5. The largest absolute Gasteiger partial charge is 0.490 e. The highest BCUT2D eigenvalue weighted by atomic mass is 32.2. The molecule has 1 unspecified atom stereocenters. The summed E-state index contributed by atoms with van der Waals surface area (Å²) < 4.78 is 59.1. The highest BCUT2D eigenvalue weighted by Crippen LogP contribution is 2.37. The number of pyridine rings is 2. The number of aryl methyl sites for hydroxylation is 1. The number of rotatable bonds is 8. The Morgan fingerprint density at radius 3 is 2.19 bits per heavy atom. The van der Waals surface area contributed by atoms with Gasteiger partial charge in [0.2, 0.25) is 11.8 Å². The molecule has 2 aromatic heterocycles. The van der Waals surface area contributed by atoms with E-state index in [0.717, 1.165) is 44.9 Å². The molecule has 2 heterocycles. The summed E-state index contributed by atoms with van der Waals surface area (Å²) in [6, 6.07) is 4.42. The van der Waals surface area contributed by atoms with Crippen LogP contribution in [0, 0.1) is 12.8 Å². The maximum Gasteiger partial charge on any atom is 0.490 e. The normalized spacial score (nSPS) is 17.0. The molecule has 2 aliphatic carbocycles. The Morgan fingerprint density at radius 1 is 1.09 bits per heavy atom. The SMILES string of the molecule is Cc1cc(S(=O)(=O)C2CCCC2)c(C(CC2CCCCC2)C(=O)Nc2ccc(C(N)=O)cn2)c(=O)[nH]1.O=C(O)C(F)(F)F. The van der Waals surface area contributed by atoms with Gasteiger partial charge in [-0.2, -0.15) is 13.2 Å². The van der Waals surface area contributed by atoms with Crippen molar-refractivity contribution in [3.8, 4) is 0 Å². The summed E-state index contributed by atoms with van der Waals surface area (Å²) in [6.07, 6.45) is 4.45.